The van der Waals surface area contributed by atoms with E-state index in [0.717, 1.165) is 23.5 Å². The van der Waals surface area contributed by atoms with Gasteiger partial charge < -0.3 is 20.5 Å². The Morgan fingerprint density at radius 1 is 1.17 bits per heavy atom. The number of amides is 1. The summed E-state index contributed by atoms with van der Waals surface area (Å²) in [7, 11) is 0. The van der Waals surface area contributed by atoms with E-state index in [1.807, 2.05) is 18.2 Å². The number of nitrogens with zero attached hydrogens (tertiary/aromatic N) is 1. The third-order valence-corrected chi connectivity index (χ3v) is 4.18. The Morgan fingerprint density at radius 2 is 2.00 bits per heavy atom. The van der Waals surface area contributed by atoms with Gasteiger partial charge in [0.1, 0.15) is 19.0 Å². The predicted molar refractivity (Wildman–Crippen MR) is 85.6 cm³/mol. The highest BCUT2D eigenvalue weighted by Gasteiger charge is 2.44. The smallest absolute Gasteiger partial charge is 0.228 e. The first-order valence-electron chi connectivity index (χ1n) is 7.62. The number of carbonyl (C=O) groups excluding carboxylic acids is 1. The topological polar surface area (TPSA) is 86.5 Å². The van der Waals surface area contributed by atoms with E-state index in [4.69, 9.17) is 15.2 Å². The molecule has 2 heterocycles. The van der Waals surface area contributed by atoms with Gasteiger partial charge in [-0.3, -0.25) is 4.79 Å². The molecule has 0 saturated heterocycles. The van der Waals surface area contributed by atoms with Crippen molar-refractivity contribution in [1.29, 1.82) is 0 Å². The zero-order valence-electron chi connectivity index (χ0n) is 12.5. The molecule has 1 saturated carbocycles. The predicted octanol–water partition coefficient (Wildman–Crippen LogP) is 2.18. The fourth-order valence-corrected chi connectivity index (χ4v) is 2.86. The minimum atomic E-state index is -0.0184. The maximum Gasteiger partial charge on any atom is 0.228 e. The van der Waals surface area contributed by atoms with Gasteiger partial charge in [-0.15, -0.1) is 0 Å². The molecule has 2 aliphatic rings. The van der Waals surface area contributed by atoms with Crippen molar-refractivity contribution < 1.29 is 14.3 Å². The number of carbonyl (C=O) groups is 1. The van der Waals surface area contributed by atoms with Crippen molar-refractivity contribution >= 4 is 17.4 Å². The molecule has 0 spiro atoms. The van der Waals surface area contributed by atoms with Crippen molar-refractivity contribution in [3.63, 3.8) is 0 Å². The van der Waals surface area contributed by atoms with Gasteiger partial charge in [-0.05, 0) is 42.2 Å². The van der Waals surface area contributed by atoms with Crippen molar-refractivity contribution in [2.45, 2.75) is 12.3 Å². The van der Waals surface area contributed by atoms with Crippen molar-refractivity contribution in [2.75, 3.05) is 24.3 Å². The number of anilines is 2. The van der Waals surface area contributed by atoms with Crippen LogP contribution < -0.4 is 20.5 Å². The third-order valence-electron chi connectivity index (χ3n) is 4.18. The van der Waals surface area contributed by atoms with Gasteiger partial charge in [0.2, 0.25) is 5.91 Å². The van der Waals surface area contributed by atoms with Crippen molar-refractivity contribution in [3.05, 3.63) is 42.1 Å². The summed E-state index contributed by atoms with van der Waals surface area (Å²) in [6, 6.07) is 9.33. The summed E-state index contributed by atoms with van der Waals surface area (Å²) in [6.45, 7) is 1.14. The number of pyridine rings is 1. The molecule has 2 aromatic rings. The second-order valence-corrected chi connectivity index (χ2v) is 5.81. The fraction of sp³-hybridized carbons (Fsp3) is 0.294. The van der Waals surface area contributed by atoms with Crippen LogP contribution in [0.15, 0.2) is 36.5 Å². The summed E-state index contributed by atoms with van der Waals surface area (Å²) in [5, 5.41) is 2.88. The van der Waals surface area contributed by atoms with Crippen molar-refractivity contribution in [1.82, 2.24) is 4.98 Å². The molecule has 3 N–H and O–H groups in total. The lowest BCUT2D eigenvalue weighted by Gasteiger charge is -2.18. The van der Waals surface area contributed by atoms with Crippen LogP contribution in [0.3, 0.4) is 0 Å². The van der Waals surface area contributed by atoms with Crippen LogP contribution >= 0.6 is 0 Å². The van der Waals surface area contributed by atoms with Crippen LogP contribution in [0.1, 0.15) is 17.9 Å². The molecule has 4 rings (SSSR count). The lowest BCUT2D eigenvalue weighted by atomic mass is 10.1. The molecule has 6 nitrogen and oxygen atoms in total. The average Bonchev–Trinajstić information content (AvgIpc) is 3.37. The molecule has 0 radical (unpaired) electrons. The summed E-state index contributed by atoms with van der Waals surface area (Å²) in [5.74, 6) is 2.19. The number of nitrogens with one attached hydrogen (secondary N) is 1. The van der Waals surface area contributed by atoms with E-state index in [-0.39, 0.29) is 17.7 Å². The van der Waals surface area contributed by atoms with Gasteiger partial charge >= 0.3 is 0 Å². The van der Waals surface area contributed by atoms with E-state index in [9.17, 15) is 4.79 Å². The molecule has 1 aliphatic carbocycles. The van der Waals surface area contributed by atoms with Gasteiger partial charge in [0.15, 0.2) is 11.5 Å². The zero-order valence-corrected chi connectivity index (χ0v) is 12.5. The van der Waals surface area contributed by atoms with Gasteiger partial charge in [0.05, 0.1) is 11.9 Å². The Bertz CT molecular complexity index is 745. The molecule has 1 aromatic carbocycles. The number of hydrogen-bond acceptors (Lipinski definition) is 5. The molecule has 23 heavy (non-hydrogen) atoms. The van der Waals surface area contributed by atoms with E-state index >= 15 is 0 Å². The van der Waals surface area contributed by atoms with Crippen LogP contribution in [0.2, 0.25) is 0 Å². The summed E-state index contributed by atoms with van der Waals surface area (Å²) in [4.78, 5) is 16.3. The number of aromatic nitrogens is 1. The second kappa shape index (κ2) is 5.46. The number of fused-ring (bicyclic) bond motifs is 1. The first kappa shape index (κ1) is 13.9. The summed E-state index contributed by atoms with van der Waals surface area (Å²) >= 11 is 0. The van der Waals surface area contributed by atoms with Gasteiger partial charge in [-0.25, -0.2) is 4.98 Å². The highest BCUT2D eigenvalue weighted by atomic mass is 16.6. The van der Waals surface area contributed by atoms with Crippen LogP contribution in [0.4, 0.5) is 11.5 Å². The Kier molecular flexibility index (Phi) is 3.29. The molecule has 118 valence electrons. The molecule has 0 bridgehead atoms. The molecule has 2 atom stereocenters. The molecule has 1 amide bonds. The standard InChI is InChI=1S/C17H17N3O3/c18-16-4-2-11(9-19-16)20-17(21)13-8-12(13)10-1-3-14-15(7-10)23-6-5-22-14/h1-4,7,9,12-13H,5-6,8H2,(H2,18,19)(H,20,21). The maximum absolute atomic E-state index is 12.3. The molecule has 1 fully saturated rings. The Labute approximate surface area is 133 Å². The van der Waals surface area contributed by atoms with E-state index in [1.165, 1.54) is 0 Å². The van der Waals surface area contributed by atoms with E-state index < -0.39 is 0 Å². The normalized spacial score (nSPS) is 21.6. The molecule has 2 unspecified atom stereocenters. The van der Waals surface area contributed by atoms with Crippen LogP contribution in [-0.4, -0.2) is 24.1 Å². The van der Waals surface area contributed by atoms with Crippen LogP contribution in [-0.2, 0) is 4.79 Å². The highest BCUT2D eigenvalue weighted by Crippen LogP contribution is 2.49. The number of nitrogens with two attached hydrogens (primary N) is 1. The largest absolute Gasteiger partial charge is 0.486 e. The molecule has 1 aromatic heterocycles. The SMILES string of the molecule is Nc1ccc(NC(=O)C2CC2c2ccc3c(c2)OCCO3)cn1. The molecular weight excluding hydrogens is 294 g/mol. The Balaban J connectivity index is 1.43. The zero-order chi connectivity index (χ0) is 15.8. The van der Waals surface area contributed by atoms with Crippen LogP contribution in [0.5, 0.6) is 11.5 Å². The number of benzene rings is 1. The number of hydrogen-bond donors (Lipinski definition) is 2. The lowest BCUT2D eigenvalue weighted by molar-refractivity contribution is -0.117. The van der Waals surface area contributed by atoms with Gasteiger partial charge in [0.25, 0.3) is 0 Å². The fourth-order valence-electron chi connectivity index (χ4n) is 2.86. The monoisotopic (exact) mass is 311 g/mol. The first-order chi connectivity index (χ1) is 11.2. The quantitative estimate of drug-likeness (QED) is 0.907. The minimum absolute atomic E-state index is 0.0106. The van der Waals surface area contributed by atoms with E-state index in [1.54, 1.807) is 18.3 Å². The molecule has 6 heteroatoms. The second-order valence-electron chi connectivity index (χ2n) is 5.81. The van der Waals surface area contributed by atoms with Crippen LogP contribution in [0.25, 0.3) is 0 Å². The number of nitrogen functional groups attached to an aromatic ring is 1. The van der Waals surface area contributed by atoms with Gasteiger partial charge in [0, 0.05) is 5.92 Å². The Morgan fingerprint density at radius 3 is 2.78 bits per heavy atom. The average molecular weight is 311 g/mol. The van der Waals surface area contributed by atoms with Crippen molar-refractivity contribution in [2.24, 2.45) is 5.92 Å². The van der Waals surface area contributed by atoms with Gasteiger partial charge in [-0.2, -0.15) is 0 Å². The summed E-state index contributed by atoms with van der Waals surface area (Å²) < 4.78 is 11.1. The molecule has 1 aliphatic heterocycles. The van der Waals surface area contributed by atoms with Crippen molar-refractivity contribution in [3.8, 4) is 11.5 Å². The summed E-state index contributed by atoms with van der Waals surface area (Å²) in [6.07, 6.45) is 2.41. The van der Waals surface area contributed by atoms with Crippen LogP contribution in [0, 0.1) is 5.92 Å². The van der Waals surface area contributed by atoms with E-state index in [0.29, 0.717) is 24.7 Å². The molecular formula is C17H17N3O3. The Hall–Kier alpha value is -2.76. The number of rotatable bonds is 3. The maximum atomic E-state index is 12.3. The van der Waals surface area contributed by atoms with Gasteiger partial charge in [-0.1, -0.05) is 6.07 Å². The third kappa shape index (κ3) is 2.79. The lowest BCUT2D eigenvalue weighted by Crippen LogP contribution is -2.16. The summed E-state index contributed by atoms with van der Waals surface area (Å²) in [5.41, 5.74) is 7.32. The first-order valence-corrected chi connectivity index (χ1v) is 7.62. The highest BCUT2D eigenvalue weighted by molar-refractivity contribution is 5.95. The van der Waals surface area contributed by atoms with E-state index in [2.05, 4.69) is 10.3 Å². The number of ether oxygens (including phenoxy) is 2. The minimum Gasteiger partial charge on any atom is -0.486 e.